The largest absolute Gasteiger partial charge is 0.505 e. The summed E-state index contributed by atoms with van der Waals surface area (Å²) in [6.45, 7) is 0. The number of carboxylic acids is 1. The topological polar surface area (TPSA) is 99.1 Å². The van der Waals surface area contributed by atoms with Gasteiger partial charge < -0.3 is 10.2 Å². The average Bonchev–Trinajstić information content (AvgIpc) is 2.52. The molecule has 0 aliphatic rings. The molecule has 1 heterocycles. The van der Waals surface area contributed by atoms with Crippen molar-refractivity contribution in [3.05, 3.63) is 17.7 Å². The summed E-state index contributed by atoms with van der Waals surface area (Å²) < 4.78 is 0. The molecule has 7 heteroatoms. The minimum atomic E-state index is -1.19. The van der Waals surface area contributed by atoms with E-state index in [2.05, 4.69) is 15.4 Å². The first kappa shape index (κ1) is 10.7. The van der Waals surface area contributed by atoms with Crippen molar-refractivity contribution >= 4 is 17.0 Å². The van der Waals surface area contributed by atoms with E-state index < -0.39 is 5.97 Å². The zero-order valence-electron chi connectivity index (χ0n) is 6.65. The van der Waals surface area contributed by atoms with Gasteiger partial charge in [-0.2, -0.15) is 0 Å². The van der Waals surface area contributed by atoms with Gasteiger partial charge in [0.05, 0.1) is 5.52 Å². The van der Waals surface area contributed by atoms with Gasteiger partial charge in [-0.1, -0.05) is 5.21 Å². The van der Waals surface area contributed by atoms with E-state index in [1.165, 1.54) is 12.1 Å². The predicted molar refractivity (Wildman–Crippen MR) is 42.5 cm³/mol. The monoisotopic (exact) mass is 286 g/mol. The Bertz CT molecular complexity index is 482. The molecular formula is C7H5AgN3O3. The molecule has 0 aliphatic heterocycles. The Morgan fingerprint density at radius 3 is 2.79 bits per heavy atom. The zero-order chi connectivity index (χ0) is 9.42. The molecule has 0 fully saturated rings. The number of aromatic amines is 1. The second kappa shape index (κ2) is 3.79. The summed E-state index contributed by atoms with van der Waals surface area (Å²) in [4.78, 5) is 10.6. The number of phenols is 1. The molecule has 3 N–H and O–H groups in total. The van der Waals surface area contributed by atoms with Crippen molar-refractivity contribution in [1.29, 1.82) is 0 Å². The molecule has 2 rings (SSSR count). The molecule has 1 aromatic heterocycles. The van der Waals surface area contributed by atoms with Crippen molar-refractivity contribution in [1.82, 2.24) is 15.4 Å². The number of aromatic nitrogens is 3. The Morgan fingerprint density at radius 2 is 2.14 bits per heavy atom. The summed E-state index contributed by atoms with van der Waals surface area (Å²) >= 11 is 0. The van der Waals surface area contributed by atoms with E-state index in [1.54, 1.807) is 0 Å². The fourth-order valence-corrected chi connectivity index (χ4v) is 1.07. The van der Waals surface area contributed by atoms with Crippen LogP contribution in [0, 0.1) is 0 Å². The third-order valence-corrected chi connectivity index (χ3v) is 1.70. The van der Waals surface area contributed by atoms with E-state index in [0.29, 0.717) is 5.52 Å². The van der Waals surface area contributed by atoms with Gasteiger partial charge in [-0.05, 0) is 12.1 Å². The Morgan fingerprint density at radius 1 is 1.43 bits per heavy atom. The summed E-state index contributed by atoms with van der Waals surface area (Å²) in [5.74, 6) is -1.55. The second-order valence-corrected chi connectivity index (χ2v) is 2.47. The summed E-state index contributed by atoms with van der Waals surface area (Å²) in [7, 11) is 0. The first-order chi connectivity index (χ1) is 6.20. The molecule has 0 aliphatic carbocycles. The van der Waals surface area contributed by atoms with Crippen LogP contribution in [-0.2, 0) is 22.4 Å². The molecule has 0 bridgehead atoms. The van der Waals surface area contributed by atoms with Gasteiger partial charge in [0.1, 0.15) is 5.56 Å². The maximum Gasteiger partial charge on any atom is 0.339 e. The standard InChI is InChI=1S/C7H5N3O3.Ag/c11-6-3(7(12)13)1-2-4-5(6)9-10-8-4;/h1-2,11H,(H,12,13)(H,8,9,10);. The number of nitrogens with zero attached hydrogens (tertiary/aromatic N) is 2. The minimum Gasteiger partial charge on any atom is -0.505 e. The minimum absolute atomic E-state index is 0. The van der Waals surface area contributed by atoms with Crippen LogP contribution in [0.4, 0.5) is 0 Å². The summed E-state index contributed by atoms with van der Waals surface area (Å²) in [6.07, 6.45) is 0. The number of aromatic carboxylic acids is 1. The van der Waals surface area contributed by atoms with Crippen LogP contribution < -0.4 is 0 Å². The van der Waals surface area contributed by atoms with Crippen molar-refractivity contribution in [2.45, 2.75) is 0 Å². The first-order valence-corrected chi connectivity index (χ1v) is 3.46. The van der Waals surface area contributed by atoms with Crippen molar-refractivity contribution in [3.8, 4) is 5.75 Å². The summed E-state index contributed by atoms with van der Waals surface area (Å²) in [5, 5.41) is 27.5. The smallest absolute Gasteiger partial charge is 0.339 e. The van der Waals surface area contributed by atoms with Gasteiger partial charge in [-0.15, -0.1) is 5.10 Å². The summed E-state index contributed by atoms with van der Waals surface area (Å²) in [6, 6.07) is 2.79. The van der Waals surface area contributed by atoms with Crippen LogP contribution in [0.15, 0.2) is 12.1 Å². The van der Waals surface area contributed by atoms with Gasteiger partial charge in [-0.3, -0.25) is 5.10 Å². The van der Waals surface area contributed by atoms with E-state index in [4.69, 9.17) is 5.11 Å². The summed E-state index contributed by atoms with van der Waals surface area (Å²) in [5.41, 5.74) is 0.490. The third-order valence-electron chi connectivity index (χ3n) is 1.70. The van der Waals surface area contributed by atoms with Gasteiger partial charge in [0.25, 0.3) is 0 Å². The van der Waals surface area contributed by atoms with Crippen LogP contribution >= 0.6 is 0 Å². The van der Waals surface area contributed by atoms with Crippen LogP contribution in [0.1, 0.15) is 10.4 Å². The number of carboxylic acid groups (broad SMARTS) is 1. The van der Waals surface area contributed by atoms with E-state index in [0.717, 1.165) is 0 Å². The average molecular weight is 287 g/mol. The van der Waals surface area contributed by atoms with Crippen LogP contribution in [0.25, 0.3) is 11.0 Å². The van der Waals surface area contributed by atoms with Gasteiger partial charge in [0.2, 0.25) is 0 Å². The van der Waals surface area contributed by atoms with Crippen LogP contribution in [0.3, 0.4) is 0 Å². The zero-order valence-corrected chi connectivity index (χ0v) is 8.14. The fraction of sp³-hybridized carbons (Fsp3) is 0. The van der Waals surface area contributed by atoms with Crippen molar-refractivity contribution in [2.75, 3.05) is 0 Å². The van der Waals surface area contributed by atoms with Gasteiger partial charge in [0.15, 0.2) is 11.3 Å². The van der Waals surface area contributed by atoms with E-state index in [9.17, 15) is 9.90 Å². The molecule has 0 unspecified atom stereocenters. The van der Waals surface area contributed by atoms with Crippen LogP contribution in [0.2, 0.25) is 0 Å². The number of aromatic hydroxyl groups is 1. The normalized spacial score (nSPS) is 9.71. The molecule has 0 saturated heterocycles. The Kier molecular flexibility index (Phi) is 2.90. The fourth-order valence-electron chi connectivity index (χ4n) is 1.07. The van der Waals surface area contributed by atoms with Crippen LogP contribution in [-0.4, -0.2) is 31.6 Å². The number of carbonyl (C=O) groups is 1. The predicted octanol–water partition coefficient (Wildman–Crippen LogP) is 0.359. The molecule has 2 aromatic rings. The van der Waals surface area contributed by atoms with E-state index >= 15 is 0 Å². The van der Waals surface area contributed by atoms with Crippen molar-refractivity contribution < 1.29 is 37.4 Å². The number of benzene rings is 1. The molecule has 0 atom stereocenters. The molecule has 1 radical (unpaired) electrons. The van der Waals surface area contributed by atoms with Crippen molar-refractivity contribution in [3.63, 3.8) is 0 Å². The van der Waals surface area contributed by atoms with Gasteiger partial charge in [-0.25, -0.2) is 4.79 Å². The molecule has 0 amide bonds. The number of rotatable bonds is 1. The first-order valence-electron chi connectivity index (χ1n) is 3.46. The molecule has 14 heavy (non-hydrogen) atoms. The Labute approximate surface area is 93.4 Å². The number of H-pyrrole nitrogens is 1. The Hall–Kier alpha value is -1.37. The van der Waals surface area contributed by atoms with Gasteiger partial charge >= 0.3 is 5.97 Å². The number of hydrogen-bond donors (Lipinski definition) is 3. The molecule has 1 aromatic carbocycles. The van der Waals surface area contributed by atoms with Gasteiger partial charge in [0, 0.05) is 22.4 Å². The number of nitrogens with one attached hydrogen (secondary N) is 1. The molecule has 0 saturated carbocycles. The maximum atomic E-state index is 10.6. The third kappa shape index (κ3) is 1.50. The second-order valence-electron chi connectivity index (χ2n) is 2.47. The van der Waals surface area contributed by atoms with Crippen molar-refractivity contribution in [2.24, 2.45) is 0 Å². The molecular weight excluding hydrogens is 282 g/mol. The van der Waals surface area contributed by atoms with E-state index in [-0.39, 0.29) is 39.2 Å². The number of hydrogen-bond acceptors (Lipinski definition) is 4. The molecule has 77 valence electrons. The molecule has 0 spiro atoms. The Balaban J connectivity index is 0.000000980. The van der Waals surface area contributed by atoms with E-state index in [1.807, 2.05) is 0 Å². The SMILES string of the molecule is O=C(O)c1ccc2[nH]nnc2c1O.[Ag]. The molecule has 6 nitrogen and oxygen atoms in total. The maximum absolute atomic E-state index is 10.6. The quantitative estimate of drug-likeness (QED) is 0.658. The van der Waals surface area contributed by atoms with Crippen LogP contribution in [0.5, 0.6) is 5.75 Å². The number of fused-ring (bicyclic) bond motifs is 1.